The fourth-order valence-electron chi connectivity index (χ4n) is 1.92. The molecule has 0 saturated carbocycles. The van der Waals surface area contributed by atoms with Gasteiger partial charge in [-0.3, -0.25) is 4.57 Å². The Balaban J connectivity index is 2.38. The van der Waals surface area contributed by atoms with Gasteiger partial charge in [0.1, 0.15) is 11.6 Å². The number of aryl methyl sites for hydroxylation is 1. The molecule has 2 aromatic rings. The average molecular weight is 300 g/mol. The van der Waals surface area contributed by atoms with Crippen LogP contribution >= 0.6 is 23.2 Å². The molecule has 0 spiro atoms. The minimum absolute atomic E-state index is 0.366. The van der Waals surface area contributed by atoms with E-state index < -0.39 is 0 Å². The molecule has 19 heavy (non-hydrogen) atoms. The fraction of sp³-hybridized carbons (Fsp3) is 0.385. The van der Waals surface area contributed by atoms with Gasteiger partial charge in [-0.2, -0.15) is 0 Å². The molecule has 0 atom stereocenters. The van der Waals surface area contributed by atoms with Crippen LogP contribution in [0.1, 0.15) is 24.7 Å². The SMILES string of the molecule is CCCc1nnc(Cl)n1Cc1c(Cl)cccc1OC. The van der Waals surface area contributed by atoms with Crippen LogP contribution in [-0.2, 0) is 13.0 Å². The molecule has 1 aromatic heterocycles. The third-order valence-electron chi connectivity index (χ3n) is 2.87. The molecular formula is C13H15Cl2N3O. The van der Waals surface area contributed by atoms with Crippen LogP contribution in [-0.4, -0.2) is 21.9 Å². The van der Waals surface area contributed by atoms with Crippen LogP contribution in [0.25, 0.3) is 0 Å². The van der Waals surface area contributed by atoms with Crippen LogP contribution in [0.15, 0.2) is 18.2 Å². The van der Waals surface area contributed by atoms with Gasteiger partial charge in [0.05, 0.1) is 13.7 Å². The van der Waals surface area contributed by atoms with E-state index in [-0.39, 0.29) is 0 Å². The van der Waals surface area contributed by atoms with E-state index in [4.69, 9.17) is 27.9 Å². The Kier molecular flexibility index (Phi) is 4.66. The number of hydrogen-bond donors (Lipinski definition) is 0. The molecule has 0 saturated heterocycles. The van der Waals surface area contributed by atoms with Gasteiger partial charge >= 0.3 is 0 Å². The summed E-state index contributed by atoms with van der Waals surface area (Å²) in [7, 11) is 1.62. The fourth-order valence-corrected chi connectivity index (χ4v) is 2.34. The maximum Gasteiger partial charge on any atom is 0.225 e. The molecule has 0 aliphatic heterocycles. The Morgan fingerprint density at radius 3 is 2.74 bits per heavy atom. The van der Waals surface area contributed by atoms with Gasteiger partial charge in [-0.1, -0.05) is 24.6 Å². The second kappa shape index (κ2) is 6.26. The maximum absolute atomic E-state index is 6.23. The van der Waals surface area contributed by atoms with Crippen molar-refractivity contribution in [3.63, 3.8) is 0 Å². The van der Waals surface area contributed by atoms with Crippen LogP contribution in [0.4, 0.5) is 0 Å². The van der Waals surface area contributed by atoms with Crippen molar-refractivity contribution in [2.45, 2.75) is 26.3 Å². The Bertz CT molecular complexity index is 569. The molecule has 0 N–H and O–H groups in total. The number of benzene rings is 1. The Hall–Kier alpha value is -1.26. The van der Waals surface area contributed by atoms with Crippen molar-refractivity contribution in [3.8, 4) is 5.75 Å². The third-order valence-corrected chi connectivity index (χ3v) is 3.50. The lowest BCUT2D eigenvalue weighted by molar-refractivity contribution is 0.408. The second-order valence-corrected chi connectivity index (χ2v) is 4.89. The lowest BCUT2D eigenvalue weighted by Crippen LogP contribution is -2.07. The monoisotopic (exact) mass is 299 g/mol. The molecule has 1 aromatic carbocycles. The first-order chi connectivity index (χ1) is 9.17. The molecular weight excluding hydrogens is 285 g/mol. The Morgan fingerprint density at radius 2 is 2.05 bits per heavy atom. The van der Waals surface area contributed by atoms with Crippen molar-refractivity contribution < 1.29 is 4.74 Å². The van der Waals surface area contributed by atoms with E-state index in [0.717, 1.165) is 30.0 Å². The van der Waals surface area contributed by atoms with E-state index >= 15 is 0 Å². The predicted molar refractivity (Wildman–Crippen MR) is 76.1 cm³/mol. The molecule has 0 unspecified atom stereocenters. The number of ether oxygens (including phenoxy) is 1. The molecule has 6 heteroatoms. The molecule has 2 rings (SSSR count). The van der Waals surface area contributed by atoms with Gasteiger partial charge in [-0.15, -0.1) is 10.2 Å². The van der Waals surface area contributed by atoms with Crippen molar-refractivity contribution >= 4 is 23.2 Å². The van der Waals surface area contributed by atoms with Crippen molar-refractivity contribution in [1.82, 2.24) is 14.8 Å². The Morgan fingerprint density at radius 1 is 1.26 bits per heavy atom. The van der Waals surface area contributed by atoms with Crippen LogP contribution < -0.4 is 4.74 Å². The van der Waals surface area contributed by atoms with Gasteiger partial charge in [0, 0.05) is 17.0 Å². The highest BCUT2D eigenvalue weighted by Crippen LogP contribution is 2.28. The van der Waals surface area contributed by atoms with Crippen LogP contribution in [0, 0.1) is 0 Å². The molecule has 102 valence electrons. The van der Waals surface area contributed by atoms with Crippen molar-refractivity contribution in [2.75, 3.05) is 7.11 Å². The van der Waals surface area contributed by atoms with Crippen molar-refractivity contribution in [2.24, 2.45) is 0 Å². The molecule has 0 radical (unpaired) electrons. The largest absolute Gasteiger partial charge is 0.496 e. The predicted octanol–water partition coefficient (Wildman–Crippen LogP) is 3.59. The van der Waals surface area contributed by atoms with Gasteiger partial charge in [0.25, 0.3) is 0 Å². The van der Waals surface area contributed by atoms with E-state index in [1.165, 1.54) is 0 Å². The van der Waals surface area contributed by atoms with Crippen LogP contribution in [0.2, 0.25) is 10.3 Å². The number of aromatic nitrogens is 3. The number of rotatable bonds is 5. The molecule has 4 nitrogen and oxygen atoms in total. The normalized spacial score (nSPS) is 10.7. The maximum atomic E-state index is 6.23. The van der Waals surface area contributed by atoms with Gasteiger partial charge in [0.2, 0.25) is 5.28 Å². The minimum atomic E-state index is 0.366. The molecule has 1 heterocycles. The van der Waals surface area contributed by atoms with E-state index in [0.29, 0.717) is 16.9 Å². The zero-order valence-corrected chi connectivity index (χ0v) is 12.4. The standard InChI is InChI=1S/C13H15Cl2N3O/c1-3-5-12-16-17-13(15)18(12)8-9-10(14)6-4-7-11(9)19-2/h4,6-7H,3,5,8H2,1-2H3. The van der Waals surface area contributed by atoms with Gasteiger partial charge < -0.3 is 4.74 Å². The van der Waals surface area contributed by atoms with Crippen LogP contribution in [0.5, 0.6) is 5.75 Å². The molecule has 0 aliphatic rings. The summed E-state index contributed by atoms with van der Waals surface area (Å²) in [5, 5.41) is 9.01. The first-order valence-electron chi connectivity index (χ1n) is 6.06. The van der Waals surface area contributed by atoms with Gasteiger partial charge in [-0.25, -0.2) is 0 Å². The average Bonchev–Trinajstić information content (AvgIpc) is 2.74. The first kappa shape index (κ1) is 14.2. The quantitative estimate of drug-likeness (QED) is 0.847. The molecule has 0 amide bonds. The van der Waals surface area contributed by atoms with E-state index in [2.05, 4.69) is 17.1 Å². The smallest absolute Gasteiger partial charge is 0.225 e. The first-order valence-corrected chi connectivity index (χ1v) is 6.82. The third kappa shape index (κ3) is 3.01. The topological polar surface area (TPSA) is 39.9 Å². The molecule has 0 aliphatic carbocycles. The number of nitrogens with zero attached hydrogens (tertiary/aromatic N) is 3. The van der Waals surface area contributed by atoms with E-state index in [9.17, 15) is 0 Å². The number of hydrogen-bond acceptors (Lipinski definition) is 3. The minimum Gasteiger partial charge on any atom is -0.496 e. The van der Waals surface area contributed by atoms with E-state index in [1.807, 2.05) is 22.8 Å². The summed E-state index contributed by atoms with van der Waals surface area (Å²) >= 11 is 12.3. The molecule has 0 bridgehead atoms. The highest BCUT2D eigenvalue weighted by molar-refractivity contribution is 6.31. The molecule has 0 fully saturated rings. The number of methoxy groups -OCH3 is 1. The Labute approximate surface area is 122 Å². The highest BCUT2D eigenvalue weighted by Gasteiger charge is 2.14. The second-order valence-electron chi connectivity index (χ2n) is 4.14. The van der Waals surface area contributed by atoms with Gasteiger partial charge in [0.15, 0.2) is 0 Å². The summed E-state index contributed by atoms with van der Waals surface area (Å²) in [4.78, 5) is 0. The summed E-state index contributed by atoms with van der Waals surface area (Å²) in [6, 6.07) is 5.56. The number of halogens is 2. The summed E-state index contributed by atoms with van der Waals surface area (Å²) in [6.45, 7) is 2.59. The highest BCUT2D eigenvalue weighted by atomic mass is 35.5. The van der Waals surface area contributed by atoms with Crippen LogP contribution in [0.3, 0.4) is 0 Å². The van der Waals surface area contributed by atoms with Gasteiger partial charge in [-0.05, 0) is 30.2 Å². The summed E-state index contributed by atoms with van der Waals surface area (Å²) in [6.07, 6.45) is 1.81. The summed E-state index contributed by atoms with van der Waals surface area (Å²) < 4.78 is 7.19. The lowest BCUT2D eigenvalue weighted by atomic mass is 10.2. The lowest BCUT2D eigenvalue weighted by Gasteiger charge is -2.12. The summed E-state index contributed by atoms with van der Waals surface area (Å²) in [5.41, 5.74) is 0.880. The van der Waals surface area contributed by atoms with Crippen molar-refractivity contribution in [1.29, 1.82) is 0 Å². The van der Waals surface area contributed by atoms with E-state index in [1.54, 1.807) is 7.11 Å². The zero-order valence-electron chi connectivity index (χ0n) is 10.9. The van der Waals surface area contributed by atoms with Crippen molar-refractivity contribution in [3.05, 3.63) is 39.9 Å². The zero-order chi connectivity index (χ0) is 13.8. The summed E-state index contributed by atoms with van der Waals surface area (Å²) in [5.74, 6) is 1.59.